The Hall–Kier alpha value is -1.72. The summed E-state index contributed by atoms with van der Waals surface area (Å²) in [7, 11) is 0. The van der Waals surface area contributed by atoms with E-state index in [9.17, 15) is 0 Å². The van der Waals surface area contributed by atoms with Gasteiger partial charge in [-0.3, -0.25) is 0 Å². The molecule has 0 atom stereocenters. The quantitative estimate of drug-likeness (QED) is 0.693. The van der Waals surface area contributed by atoms with Crippen LogP contribution >= 0.6 is 27.3 Å². The van der Waals surface area contributed by atoms with Crippen LogP contribution < -0.4 is 4.74 Å². The number of rotatable bonds is 3. The van der Waals surface area contributed by atoms with Crippen LogP contribution in [0.15, 0.2) is 58.5 Å². The zero-order valence-electron chi connectivity index (χ0n) is 9.79. The average molecular weight is 333 g/mol. The van der Waals surface area contributed by atoms with Crippen molar-refractivity contribution in [1.29, 1.82) is 0 Å². The molecule has 0 aliphatic heterocycles. The normalized spacial score (nSPS) is 10.4. The first kappa shape index (κ1) is 12.3. The number of hydrogen-bond acceptors (Lipinski definition) is 4. The molecule has 0 N–H and O–H groups in total. The summed E-state index contributed by atoms with van der Waals surface area (Å²) in [5, 5.41) is 8.34. The van der Waals surface area contributed by atoms with Gasteiger partial charge in [0.2, 0.25) is 0 Å². The third-order valence-electron chi connectivity index (χ3n) is 2.55. The number of hydrogen-bond donors (Lipinski definition) is 0. The maximum atomic E-state index is 5.80. The lowest BCUT2D eigenvalue weighted by Gasteiger charge is -2.08. The van der Waals surface area contributed by atoms with Gasteiger partial charge in [-0.1, -0.05) is 53.6 Å². The summed E-state index contributed by atoms with van der Waals surface area (Å²) in [5.41, 5.74) is 2.15. The highest BCUT2D eigenvalue weighted by molar-refractivity contribution is 9.11. The van der Waals surface area contributed by atoms with E-state index in [-0.39, 0.29) is 0 Å². The van der Waals surface area contributed by atoms with E-state index in [1.807, 2.05) is 42.5 Å². The number of ether oxygens (including phenoxy) is 1. The topological polar surface area (TPSA) is 35.0 Å². The zero-order chi connectivity index (χ0) is 13.1. The Balaban J connectivity index is 1.98. The molecule has 0 amide bonds. The predicted molar refractivity (Wildman–Crippen MR) is 79.6 cm³/mol. The van der Waals surface area contributed by atoms with Crippen molar-refractivity contribution in [2.24, 2.45) is 0 Å². The largest absolute Gasteiger partial charge is 0.429 e. The van der Waals surface area contributed by atoms with Crippen LogP contribution in [0, 0.1) is 0 Å². The number of halogens is 1. The van der Waals surface area contributed by atoms with Gasteiger partial charge in [-0.05, 0) is 38.9 Å². The van der Waals surface area contributed by atoms with Crippen molar-refractivity contribution >= 4 is 27.3 Å². The van der Waals surface area contributed by atoms with Gasteiger partial charge in [0.25, 0.3) is 5.19 Å². The molecule has 0 bridgehead atoms. The molecule has 19 heavy (non-hydrogen) atoms. The van der Waals surface area contributed by atoms with Gasteiger partial charge in [0.15, 0.2) is 3.92 Å². The van der Waals surface area contributed by atoms with Crippen molar-refractivity contribution in [2.75, 3.05) is 0 Å². The fraction of sp³-hybridized carbons (Fsp3) is 0. The second-order valence-electron chi connectivity index (χ2n) is 3.79. The third-order valence-corrected chi connectivity index (χ3v) is 3.78. The van der Waals surface area contributed by atoms with E-state index in [4.69, 9.17) is 4.74 Å². The van der Waals surface area contributed by atoms with Gasteiger partial charge >= 0.3 is 0 Å². The van der Waals surface area contributed by atoms with Crippen molar-refractivity contribution < 1.29 is 4.74 Å². The van der Waals surface area contributed by atoms with E-state index in [1.165, 1.54) is 11.3 Å². The van der Waals surface area contributed by atoms with E-state index in [0.717, 1.165) is 16.9 Å². The van der Waals surface area contributed by atoms with Crippen LogP contribution in [-0.2, 0) is 0 Å². The number of aromatic nitrogens is 2. The Kier molecular flexibility index (Phi) is 3.57. The van der Waals surface area contributed by atoms with Crippen molar-refractivity contribution in [1.82, 2.24) is 10.2 Å². The lowest BCUT2D eigenvalue weighted by Crippen LogP contribution is -1.87. The molecule has 3 aromatic rings. The van der Waals surface area contributed by atoms with Crippen LogP contribution in [0.3, 0.4) is 0 Å². The Bertz CT molecular complexity index is 685. The zero-order valence-corrected chi connectivity index (χ0v) is 12.2. The molecule has 0 saturated heterocycles. The highest BCUT2D eigenvalue weighted by Gasteiger charge is 2.09. The van der Waals surface area contributed by atoms with Crippen molar-refractivity contribution in [3.8, 4) is 22.1 Å². The van der Waals surface area contributed by atoms with Gasteiger partial charge in [-0.2, -0.15) is 0 Å². The van der Waals surface area contributed by atoms with E-state index in [2.05, 4.69) is 38.3 Å². The second-order valence-corrected chi connectivity index (χ2v) is 6.00. The Morgan fingerprint density at radius 1 is 0.895 bits per heavy atom. The molecule has 0 fully saturated rings. The summed E-state index contributed by atoms with van der Waals surface area (Å²) in [6, 6.07) is 18.0. The summed E-state index contributed by atoms with van der Waals surface area (Å²) >= 11 is 4.63. The molecule has 5 heteroatoms. The minimum atomic E-state index is 0.523. The minimum absolute atomic E-state index is 0.523. The number of benzene rings is 2. The number of para-hydroxylation sites is 1. The first-order chi connectivity index (χ1) is 9.33. The summed E-state index contributed by atoms with van der Waals surface area (Å²) in [6.45, 7) is 0. The molecule has 0 saturated carbocycles. The van der Waals surface area contributed by atoms with Crippen LogP contribution in [0.2, 0.25) is 0 Å². The van der Waals surface area contributed by atoms with E-state index < -0.39 is 0 Å². The maximum Gasteiger partial charge on any atom is 0.300 e. The van der Waals surface area contributed by atoms with Crippen molar-refractivity contribution in [2.45, 2.75) is 0 Å². The standard InChI is InChI=1S/C14H9BrN2OS/c15-13-16-17-14(19-13)18-12-9-5-4-8-11(12)10-6-2-1-3-7-10/h1-9H. The third kappa shape index (κ3) is 2.83. The molecule has 0 radical (unpaired) electrons. The van der Waals surface area contributed by atoms with Gasteiger partial charge in [-0.25, -0.2) is 0 Å². The van der Waals surface area contributed by atoms with E-state index >= 15 is 0 Å². The molecule has 1 aromatic heterocycles. The molecule has 0 spiro atoms. The Labute approximate surface area is 123 Å². The van der Waals surface area contributed by atoms with Crippen LogP contribution in [0.1, 0.15) is 0 Å². The maximum absolute atomic E-state index is 5.80. The molecule has 0 aliphatic carbocycles. The first-order valence-corrected chi connectivity index (χ1v) is 7.25. The molecule has 94 valence electrons. The predicted octanol–water partition coefficient (Wildman–Crippen LogP) is 4.76. The second kappa shape index (κ2) is 5.50. The molecule has 3 rings (SSSR count). The average Bonchev–Trinajstić information content (AvgIpc) is 2.86. The lowest BCUT2D eigenvalue weighted by molar-refractivity contribution is 0.475. The summed E-state index contributed by atoms with van der Waals surface area (Å²) in [4.78, 5) is 0. The van der Waals surface area contributed by atoms with Gasteiger partial charge in [0.1, 0.15) is 5.75 Å². The van der Waals surface area contributed by atoms with Crippen LogP contribution in [0.25, 0.3) is 11.1 Å². The van der Waals surface area contributed by atoms with Crippen molar-refractivity contribution in [3.05, 3.63) is 58.5 Å². The molecular weight excluding hydrogens is 324 g/mol. The van der Waals surface area contributed by atoms with Gasteiger partial charge < -0.3 is 4.74 Å². The van der Waals surface area contributed by atoms with Crippen LogP contribution in [0.5, 0.6) is 10.9 Å². The van der Waals surface area contributed by atoms with Gasteiger partial charge in [0, 0.05) is 5.56 Å². The highest BCUT2D eigenvalue weighted by atomic mass is 79.9. The number of nitrogens with zero attached hydrogens (tertiary/aromatic N) is 2. The van der Waals surface area contributed by atoms with Gasteiger partial charge in [-0.15, -0.1) is 5.10 Å². The molecule has 0 unspecified atom stereocenters. The SMILES string of the molecule is Brc1nnc(Oc2ccccc2-c2ccccc2)s1. The molecular formula is C14H9BrN2OS. The highest BCUT2D eigenvalue weighted by Crippen LogP contribution is 2.34. The van der Waals surface area contributed by atoms with Crippen molar-refractivity contribution in [3.63, 3.8) is 0 Å². The van der Waals surface area contributed by atoms with Crippen LogP contribution in [-0.4, -0.2) is 10.2 Å². The monoisotopic (exact) mass is 332 g/mol. The molecule has 2 aromatic carbocycles. The summed E-state index contributed by atoms with van der Waals surface area (Å²) in [5.74, 6) is 0.775. The smallest absolute Gasteiger partial charge is 0.300 e. The molecule has 1 heterocycles. The fourth-order valence-corrected chi connectivity index (χ4v) is 2.67. The Morgan fingerprint density at radius 2 is 1.63 bits per heavy atom. The molecule has 3 nitrogen and oxygen atoms in total. The summed E-state index contributed by atoms with van der Waals surface area (Å²) in [6.07, 6.45) is 0. The Morgan fingerprint density at radius 3 is 2.37 bits per heavy atom. The minimum Gasteiger partial charge on any atom is -0.429 e. The van der Waals surface area contributed by atoms with Gasteiger partial charge in [0.05, 0.1) is 0 Å². The lowest BCUT2D eigenvalue weighted by atomic mass is 10.1. The summed E-state index contributed by atoms with van der Waals surface area (Å²) < 4.78 is 6.51. The van der Waals surface area contributed by atoms with E-state index in [1.54, 1.807) is 0 Å². The fourth-order valence-electron chi connectivity index (χ4n) is 1.74. The first-order valence-electron chi connectivity index (χ1n) is 5.64. The molecule has 0 aliphatic rings. The van der Waals surface area contributed by atoms with Crippen LogP contribution in [0.4, 0.5) is 0 Å². The van der Waals surface area contributed by atoms with E-state index in [0.29, 0.717) is 9.11 Å².